The van der Waals surface area contributed by atoms with Crippen molar-refractivity contribution < 1.29 is 13.2 Å². The summed E-state index contributed by atoms with van der Waals surface area (Å²) in [6.45, 7) is 6.09. The normalized spacial score (nSPS) is 11.6. The van der Waals surface area contributed by atoms with Gasteiger partial charge in [0, 0.05) is 17.7 Å². The summed E-state index contributed by atoms with van der Waals surface area (Å²) in [6, 6.07) is 2.46. The zero-order valence-corrected chi connectivity index (χ0v) is 10.8. The number of benzene rings is 1. The largest absolute Gasteiger partial charge is 0.544 e. The van der Waals surface area contributed by atoms with Crippen LogP contribution in [0.2, 0.25) is 19.6 Å². The molecule has 1 aromatic carbocycles. The van der Waals surface area contributed by atoms with E-state index in [1.165, 1.54) is 12.1 Å². The highest BCUT2D eigenvalue weighted by Gasteiger charge is 2.18. The molecule has 16 heavy (non-hydrogen) atoms. The van der Waals surface area contributed by atoms with Crippen LogP contribution in [0.3, 0.4) is 0 Å². The molecule has 0 saturated heterocycles. The van der Waals surface area contributed by atoms with Gasteiger partial charge in [0.25, 0.3) is 0 Å². The maximum atomic E-state index is 13.5. The molecule has 0 radical (unpaired) electrons. The molecule has 90 valence electrons. The van der Waals surface area contributed by atoms with Crippen LogP contribution in [-0.4, -0.2) is 14.9 Å². The van der Waals surface area contributed by atoms with Crippen molar-refractivity contribution in [1.82, 2.24) is 0 Å². The number of halogens is 2. The first kappa shape index (κ1) is 13.1. The Labute approximate surface area is 95.5 Å². The summed E-state index contributed by atoms with van der Waals surface area (Å²) in [6.07, 6.45) is 0.199. The van der Waals surface area contributed by atoms with E-state index >= 15 is 0 Å². The Kier molecular flexibility index (Phi) is 4.04. The van der Waals surface area contributed by atoms with E-state index in [4.69, 9.17) is 10.2 Å². The average Bonchev–Trinajstić information content (AvgIpc) is 2.08. The summed E-state index contributed by atoms with van der Waals surface area (Å²) in [5.41, 5.74) is 5.31. The molecular formula is C11H17F2NOSi. The molecule has 2 N–H and O–H groups in total. The lowest BCUT2D eigenvalue weighted by Gasteiger charge is -2.19. The highest BCUT2D eigenvalue weighted by Crippen LogP contribution is 2.23. The summed E-state index contributed by atoms with van der Waals surface area (Å²) < 4.78 is 32.6. The van der Waals surface area contributed by atoms with Crippen molar-refractivity contribution >= 4 is 8.32 Å². The molecule has 2 nitrogen and oxygen atoms in total. The van der Waals surface area contributed by atoms with Crippen LogP contribution in [0.15, 0.2) is 12.1 Å². The minimum absolute atomic E-state index is 0.0328. The lowest BCUT2D eigenvalue weighted by atomic mass is 10.1. The van der Waals surface area contributed by atoms with E-state index < -0.39 is 20.0 Å². The van der Waals surface area contributed by atoms with Crippen molar-refractivity contribution in [2.45, 2.75) is 26.1 Å². The van der Waals surface area contributed by atoms with Crippen LogP contribution in [0.5, 0.6) is 5.75 Å². The van der Waals surface area contributed by atoms with Crippen LogP contribution in [0, 0.1) is 11.6 Å². The predicted molar refractivity (Wildman–Crippen MR) is 63.1 cm³/mol. The lowest BCUT2D eigenvalue weighted by Crippen LogP contribution is -2.29. The second kappa shape index (κ2) is 4.93. The van der Waals surface area contributed by atoms with E-state index in [1.807, 2.05) is 19.6 Å². The molecule has 5 heteroatoms. The van der Waals surface area contributed by atoms with E-state index in [2.05, 4.69) is 0 Å². The highest BCUT2D eigenvalue weighted by molar-refractivity contribution is 6.70. The Morgan fingerprint density at radius 2 is 1.69 bits per heavy atom. The van der Waals surface area contributed by atoms with Gasteiger partial charge in [-0.1, -0.05) is 0 Å². The van der Waals surface area contributed by atoms with Crippen LogP contribution >= 0.6 is 0 Å². The molecule has 0 aliphatic heterocycles. The summed E-state index contributed by atoms with van der Waals surface area (Å²) in [5, 5.41) is 0. The first-order chi connectivity index (χ1) is 7.33. The molecule has 0 aliphatic carbocycles. The number of hydrogen-bond donors (Lipinski definition) is 1. The van der Waals surface area contributed by atoms with Gasteiger partial charge in [0.1, 0.15) is 17.4 Å². The molecule has 1 rings (SSSR count). The molecule has 0 spiro atoms. The Hall–Kier alpha value is -0.943. The molecule has 0 atom stereocenters. The molecule has 0 aromatic heterocycles. The highest BCUT2D eigenvalue weighted by atomic mass is 28.4. The van der Waals surface area contributed by atoms with Crippen molar-refractivity contribution in [3.8, 4) is 5.75 Å². The quantitative estimate of drug-likeness (QED) is 0.828. The Bertz CT molecular complexity index is 354. The van der Waals surface area contributed by atoms with Crippen LogP contribution in [-0.2, 0) is 6.42 Å². The van der Waals surface area contributed by atoms with Crippen LogP contribution in [0.25, 0.3) is 0 Å². The monoisotopic (exact) mass is 245 g/mol. The van der Waals surface area contributed by atoms with Gasteiger partial charge < -0.3 is 10.2 Å². The van der Waals surface area contributed by atoms with Gasteiger partial charge >= 0.3 is 0 Å². The predicted octanol–water partition coefficient (Wildman–Crippen LogP) is 2.68. The third kappa shape index (κ3) is 3.57. The summed E-state index contributed by atoms with van der Waals surface area (Å²) in [5.74, 6) is -0.910. The summed E-state index contributed by atoms with van der Waals surface area (Å²) in [7, 11) is -1.84. The fourth-order valence-corrected chi connectivity index (χ4v) is 2.20. The Balaban J connectivity index is 3.00. The molecular weight excluding hydrogens is 228 g/mol. The summed E-state index contributed by atoms with van der Waals surface area (Å²) >= 11 is 0. The van der Waals surface area contributed by atoms with Gasteiger partial charge in [-0.15, -0.1) is 0 Å². The fraction of sp³-hybridized carbons (Fsp3) is 0.455. The minimum Gasteiger partial charge on any atom is -0.544 e. The molecule has 0 heterocycles. The maximum absolute atomic E-state index is 13.5. The standard InChI is InChI=1S/C11H17F2NOSi/c1-16(2,3)15-8-6-10(12)9(4-5-14)11(13)7-8/h6-7H,4-5,14H2,1-3H3. The summed E-state index contributed by atoms with van der Waals surface area (Å²) in [4.78, 5) is 0. The molecule has 0 unspecified atom stereocenters. The smallest absolute Gasteiger partial charge is 0.242 e. The second-order valence-electron chi connectivity index (χ2n) is 4.62. The number of nitrogens with two attached hydrogens (primary N) is 1. The van der Waals surface area contributed by atoms with Crippen molar-refractivity contribution in [2.75, 3.05) is 6.54 Å². The van der Waals surface area contributed by atoms with E-state index in [-0.39, 0.29) is 24.3 Å². The lowest BCUT2D eigenvalue weighted by molar-refractivity contribution is 0.513. The molecule has 0 saturated carbocycles. The van der Waals surface area contributed by atoms with E-state index in [9.17, 15) is 8.78 Å². The van der Waals surface area contributed by atoms with Gasteiger partial charge in [-0.2, -0.15) is 0 Å². The first-order valence-corrected chi connectivity index (χ1v) is 8.61. The molecule has 0 aliphatic rings. The van der Waals surface area contributed by atoms with Crippen LogP contribution < -0.4 is 10.2 Å². The van der Waals surface area contributed by atoms with Crippen molar-refractivity contribution in [3.63, 3.8) is 0 Å². The zero-order valence-electron chi connectivity index (χ0n) is 9.81. The molecule has 0 bridgehead atoms. The molecule has 0 fully saturated rings. The van der Waals surface area contributed by atoms with Gasteiger partial charge in [-0.05, 0) is 32.6 Å². The minimum atomic E-state index is -1.84. The molecule has 1 aromatic rings. The third-order valence-corrected chi connectivity index (χ3v) is 2.78. The van der Waals surface area contributed by atoms with Gasteiger partial charge in [-0.3, -0.25) is 0 Å². The van der Waals surface area contributed by atoms with Crippen molar-refractivity contribution in [1.29, 1.82) is 0 Å². The first-order valence-electron chi connectivity index (χ1n) is 5.20. The zero-order chi connectivity index (χ0) is 12.3. The third-order valence-electron chi connectivity index (χ3n) is 1.93. The topological polar surface area (TPSA) is 35.2 Å². The van der Waals surface area contributed by atoms with Gasteiger partial charge in [0.05, 0.1) is 0 Å². The Morgan fingerprint density at radius 1 is 1.19 bits per heavy atom. The Morgan fingerprint density at radius 3 is 2.06 bits per heavy atom. The van der Waals surface area contributed by atoms with Gasteiger partial charge in [0.2, 0.25) is 8.32 Å². The van der Waals surface area contributed by atoms with Crippen LogP contribution in [0.1, 0.15) is 5.56 Å². The second-order valence-corrected chi connectivity index (χ2v) is 9.05. The van der Waals surface area contributed by atoms with E-state index in [0.29, 0.717) is 0 Å². The van der Waals surface area contributed by atoms with E-state index in [1.54, 1.807) is 0 Å². The van der Waals surface area contributed by atoms with Gasteiger partial charge in [-0.25, -0.2) is 8.78 Å². The SMILES string of the molecule is C[Si](C)(C)Oc1cc(F)c(CCN)c(F)c1. The van der Waals surface area contributed by atoms with Crippen LogP contribution in [0.4, 0.5) is 8.78 Å². The number of hydrogen-bond acceptors (Lipinski definition) is 2. The average molecular weight is 245 g/mol. The maximum Gasteiger partial charge on any atom is 0.242 e. The van der Waals surface area contributed by atoms with Crippen molar-refractivity contribution in [2.24, 2.45) is 5.73 Å². The van der Waals surface area contributed by atoms with E-state index in [0.717, 1.165) is 0 Å². The fourth-order valence-electron chi connectivity index (χ4n) is 1.38. The number of rotatable bonds is 4. The van der Waals surface area contributed by atoms with Crippen molar-refractivity contribution in [3.05, 3.63) is 29.3 Å². The molecule has 0 amide bonds. The van der Waals surface area contributed by atoms with Gasteiger partial charge in [0.15, 0.2) is 0 Å².